The Labute approximate surface area is 264 Å². The minimum absolute atomic E-state index is 0.0190. The first-order chi connectivity index (χ1) is 20.5. The third-order valence-corrected chi connectivity index (χ3v) is 8.22. The average Bonchev–Trinajstić information content (AvgIpc) is 2.97. The van der Waals surface area contributed by atoms with E-state index in [1.807, 2.05) is 0 Å². The van der Waals surface area contributed by atoms with E-state index in [1.54, 1.807) is 0 Å². The van der Waals surface area contributed by atoms with E-state index in [2.05, 4.69) is 76.2 Å². The van der Waals surface area contributed by atoms with Crippen molar-refractivity contribution in [2.24, 2.45) is 5.92 Å². The summed E-state index contributed by atoms with van der Waals surface area (Å²) in [6.45, 7) is 7.82. The molecule has 0 aliphatic carbocycles. The van der Waals surface area contributed by atoms with Crippen LogP contribution in [0.3, 0.4) is 0 Å². The second kappa shape index (κ2) is 32.6. The van der Waals surface area contributed by atoms with Gasteiger partial charge in [0.15, 0.2) is 0 Å². The molecule has 0 spiro atoms. The van der Waals surface area contributed by atoms with Gasteiger partial charge < -0.3 is 9.64 Å². The Morgan fingerprint density at radius 3 is 1.36 bits per heavy atom. The van der Waals surface area contributed by atoms with Crippen LogP contribution in [0, 0.1) is 5.92 Å². The highest BCUT2D eigenvalue weighted by Crippen LogP contribution is 2.27. The maximum Gasteiger partial charge on any atom is 0.306 e. The molecule has 246 valence electrons. The van der Waals surface area contributed by atoms with Crippen LogP contribution in [0.2, 0.25) is 0 Å². The molecule has 0 aromatic rings. The lowest BCUT2D eigenvalue weighted by Gasteiger charge is -2.27. The van der Waals surface area contributed by atoms with Crippen LogP contribution in [0.15, 0.2) is 36.5 Å². The Morgan fingerprint density at radius 2 is 0.952 bits per heavy atom. The number of ether oxygens (including phenoxy) is 1. The smallest absolute Gasteiger partial charge is 0.306 e. The van der Waals surface area contributed by atoms with Crippen molar-refractivity contribution in [1.82, 2.24) is 4.90 Å². The van der Waals surface area contributed by atoms with Gasteiger partial charge in [0.05, 0.1) is 0 Å². The van der Waals surface area contributed by atoms with Gasteiger partial charge in [-0.15, -0.1) is 0 Å². The molecular weight excluding hydrogens is 514 g/mol. The summed E-state index contributed by atoms with van der Waals surface area (Å²) in [4.78, 5) is 15.2. The number of rotatable bonds is 31. The fourth-order valence-corrected chi connectivity index (χ4v) is 5.51. The van der Waals surface area contributed by atoms with E-state index < -0.39 is 0 Å². The molecule has 0 radical (unpaired) electrons. The van der Waals surface area contributed by atoms with E-state index in [0.717, 1.165) is 64.3 Å². The molecule has 0 aromatic carbocycles. The zero-order valence-electron chi connectivity index (χ0n) is 29.1. The zero-order chi connectivity index (χ0) is 30.9. The predicted molar refractivity (Wildman–Crippen MR) is 187 cm³/mol. The summed E-state index contributed by atoms with van der Waals surface area (Å²) in [5, 5.41) is 0. The molecule has 0 fully saturated rings. The number of hydrogen-bond acceptors (Lipinski definition) is 3. The van der Waals surface area contributed by atoms with Crippen LogP contribution in [0.25, 0.3) is 0 Å². The first-order valence-corrected chi connectivity index (χ1v) is 18.3. The maximum atomic E-state index is 13.0. The Balaban J connectivity index is 5.13. The fourth-order valence-electron chi connectivity index (χ4n) is 5.51. The lowest BCUT2D eigenvalue weighted by atomic mass is 9.87. The minimum atomic E-state index is 0.0190. The third kappa shape index (κ3) is 28.8. The fraction of sp³-hybridized carbons (Fsp3) is 0.821. The average molecular weight is 588 g/mol. The standard InChI is InChI=1S/C39H73NO2/c1-6-9-12-15-18-21-24-27-32-37(33-28-25-22-19-16-13-10-7-2)38(34-29-26-23-20-17-14-11-8-3)42-39(41)35-30-31-36-40(4)5/h18-23,37-38H,6-17,24-36H2,1-5H3/b21-18-,22-19-,23-20-. The molecule has 0 aromatic heterocycles. The van der Waals surface area contributed by atoms with Gasteiger partial charge in [-0.3, -0.25) is 4.79 Å². The predicted octanol–water partition coefficient (Wildman–Crippen LogP) is 12.2. The van der Waals surface area contributed by atoms with Gasteiger partial charge in [-0.05, 0) is 136 Å². The molecule has 0 saturated carbocycles. The molecule has 0 heterocycles. The second-order valence-electron chi connectivity index (χ2n) is 12.7. The Morgan fingerprint density at radius 1 is 0.548 bits per heavy atom. The number of carbonyl (C=O) groups is 1. The molecule has 3 heteroatoms. The number of nitrogens with zero attached hydrogens (tertiary/aromatic N) is 1. The normalized spacial score (nSPS) is 13.0. The van der Waals surface area contributed by atoms with E-state index in [0.29, 0.717) is 12.3 Å². The second-order valence-corrected chi connectivity index (χ2v) is 12.7. The van der Waals surface area contributed by atoms with Gasteiger partial charge in [-0.1, -0.05) is 95.8 Å². The molecule has 0 saturated heterocycles. The topological polar surface area (TPSA) is 29.5 Å². The van der Waals surface area contributed by atoms with Gasteiger partial charge in [-0.25, -0.2) is 0 Å². The molecule has 0 amide bonds. The largest absolute Gasteiger partial charge is 0.462 e. The van der Waals surface area contributed by atoms with Crippen molar-refractivity contribution in [3.8, 4) is 0 Å². The van der Waals surface area contributed by atoms with Crippen LogP contribution in [0.5, 0.6) is 0 Å². The highest BCUT2D eigenvalue weighted by molar-refractivity contribution is 5.69. The third-order valence-electron chi connectivity index (χ3n) is 8.22. The maximum absolute atomic E-state index is 13.0. The molecule has 1 atom stereocenters. The zero-order valence-corrected chi connectivity index (χ0v) is 29.1. The van der Waals surface area contributed by atoms with E-state index >= 15 is 0 Å². The van der Waals surface area contributed by atoms with Crippen molar-refractivity contribution in [1.29, 1.82) is 0 Å². The molecule has 0 rings (SSSR count). The summed E-state index contributed by atoms with van der Waals surface area (Å²) < 4.78 is 6.31. The lowest BCUT2D eigenvalue weighted by Crippen LogP contribution is -2.27. The molecule has 0 bridgehead atoms. The van der Waals surface area contributed by atoms with E-state index in [9.17, 15) is 4.79 Å². The summed E-state index contributed by atoms with van der Waals surface area (Å²) in [5.74, 6) is 0.483. The molecule has 0 aliphatic rings. The molecule has 0 aliphatic heterocycles. The number of esters is 1. The monoisotopic (exact) mass is 588 g/mol. The number of carbonyl (C=O) groups excluding carboxylic acids is 1. The summed E-state index contributed by atoms with van der Waals surface area (Å²) >= 11 is 0. The van der Waals surface area contributed by atoms with Gasteiger partial charge in [0.25, 0.3) is 0 Å². The van der Waals surface area contributed by atoms with Crippen molar-refractivity contribution >= 4 is 5.97 Å². The molecule has 3 nitrogen and oxygen atoms in total. The minimum Gasteiger partial charge on any atom is -0.462 e. The number of allylic oxidation sites excluding steroid dienone is 6. The van der Waals surface area contributed by atoms with Crippen LogP contribution in [0.4, 0.5) is 0 Å². The summed E-state index contributed by atoms with van der Waals surface area (Å²) in [6.07, 6.45) is 42.4. The van der Waals surface area contributed by atoms with Gasteiger partial charge in [-0.2, -0.15) is 0 Å². The summed E-state index contributed by atoms with van der Waals surface area (Å²) in [5.41, 5.74) is 0. The van der Waals surface area contributed by atoms with Crippen molar-refractivity contribution in [3.05, 3.63) is 36.5 Å². The van der Waals surface area contributed by atoms with Crippen molar-refractivity contribution in [3.63, 3.8) is 0 Å². The molecule has 0 N–H and O–H groups in total. The summed E-state index contributed by atoms with van der Waals surface area (Å²) in [6, 6.07) is 0. The van der Waals surface area contributed by atoms with Crippen molar-refractivity contribution < 1.29 is 9.53 Å². The highest BCUT2D eigenvalue weighted by Gasteiger charge is 2.24. The van der Waals surface area contributed by atoms with Crippen molar-refractivity contribution in [2.45, 2.75) is 181 Å². The first kappa shape index (κ1) is 40.6. The SMILES string of the molecule is CCCCC/C=C\CCCC(CCC/C=C\CCCCC)C(CCC/C=C\CCCCC)OC(=O)CCCCN(C)C. The quantitative estimate of drug-likeness (QED) is 0.0459. The van der Waals surface area contributed by atoms with Gasteiger partial charge >= 0.3 is 5.97 Å². The van der Waals surface area contributed by atoms with Gasteiger partial charge in [0, 0.05) is 6.42 Å². The van der Waals surface area contributed by atoms with Crippen molar-refractivity contribution in [2.75, 3.05) is 20.6 Å². The Bertz CT molecular complexity index is 625. The van der Waals surface area contributed by atoms with Crippen LogP contribution < -0.4 is 0 Å². The Hall–Kier alpha value is -1.35. The molecular formula is C39H73NO2. The van der Waals surface area contributed by atoms with Crippen LogP contribution in [-0.4, -0.2) is 37.6 Å². The van der Waals surface area contributed by atoms with Gasteiger partial charge in [0.2, 0.25) is 0 Å². The number of unbranched alkanes of at least 4 members (excludes halogenated alkanes) is 13. The summed E-state index contributed by atoms with van der Waals surface area (Å²) in [7, 11) is 4.19. The lowest BCUT2D eigenvalue weighted by molar-refractivity contribution is -0.153. The van der Waals surface area contributed by atoms with E-state index in [-0.39, 0.29) is 12.1 Å². The van der Waals surface area contributed by atoms with Crippen LogP contribution in [0.1, 0.15) is 175 Å². The molecule has 42 heavy (non-hydrogen) atoms. The van der Waals surface area contributed by atoms with Crippen LogP contribution in [-0.2, 0) is 9.53 Å². The highest BCUT2D eigenvalue weighted by atomic mass is 16.5. The molecule has 1 unspecified atom stereocenters. The van der Waals surface area contributed by atoms with Crippen LogP contribution >= 0.6 is 0 Å². The Kier molecular flexibility index (Phi) is 31.5. The first-order valence-electron chi connectivity index (χ1n) is 18.3. The van der Waals surface area contributed by atoms with Gasteiger partial charge in [0.1, 0.15) is 6.10 Å². The van der Waals surface area contributed by atoms with E-state index in [4.69, 9.17) is 4.74 Å². The number of hydrogen-bond donors (Lipinski definition) is 0. The van der Waals surface area contributed by atoms with E-state index in [1.165, 1.54) is 89.9 Å².